The fourth-order valence-electron chi connectivity index (χ4n) is 4.55. The molecule has 3 rings (SSSR count). The molecule has 12 heteroatoms. The van der Waals surface area contributed by atoms with Crippen molar-refractivity contribution in [1.29, 1.82) is 0 Å². The first-order chi connectivity index (χ1) is 20.5. The number of halogens is 1. The van der Waals surface area contributed by atoms with Gasteiger partial charge in [0.25, 0.3) is 0 Å². The molecule has 1 fully saturated rings. The minimum absolute atomic E-state index is 0.194. The van der Waals surface area contributed by atoms with Crippen molar-refractivity contribution in [2.24, 2.45) is 0 Å². The van der Waals surface area contributed by atoms with E-state index in [1.54, 1.807) is 44.0 Å². The summed E-state index contributed by atoms with van der Waals surface area (Å²) in [5, 5.41) is 6.12. The first-order valence-corrected chi connectivity index (χ1v) is 15.6. The number of carbonyl (C=O) groups excluding carboxylic acids is 3. The number of rotatable bonds is 14. The number of likely N-dealkylation sites (tertiary alicyclic amines) is 1. The van der Waals surface area contributed by atoms with E-state index in [4.69, 9.17) is 26.1 Å². The molecule has 43 heavy (non-hydrogen) atoms. The number of esters is 1. The minimum Gasteiger partial charge on any atom is -0.458 e. The SMILES string of the molecule is CCN(CC)c1ncc(NC(=O)CCCCCl)c(N[C@@H](Cc2ccc(OC(=O)N3CCCC3)cc2)C(=O)OC(C)(C)C)n1. The Hall–Kier alpha value is -3.60. The number of aromatic nitrogens is 2. The second-order valence-electron chi connectivity index (χ2n) is 11.4. The molecular formula is C31H45ClN6O5. The third-order valence-corrected chi connectivity index (χ3v) is 7.09. The van der Waals surface area contributed by atoms with E-state index in [2.05, 4.69) is 15.6 Å². The van der Waals surface area contributed by atoms with E-state index in [0.29, 0.717) is 68.1 Å². The number of amides is 2. The molecule has 2 amide bonds. The summed E-state index contributed by atoms with van der Waals surface area (Å²) in [6.45, 7) is 12.2. The molecule has 1 aliphatic heterocycles. The van der Waals surface area contributed by atoms with Crippen LogP contribution in [-0.4, -0.2) is 76.5 Å². The zero-order valence-electron chi connectivity index (χ0n) is 26.0. The number of hydrogen-bond acceptors (Lipinski definition) is 9. The van der Waals surface area contributed by atoms with Crippen LogP contribution in [0.1, 0.15) is 72.3 Å². The second kappa shape index (κ2) is 16.3. The van der Waals surface area contributed by atoms with Crippen LogP contribution < -0.4 is 20.3 Å². The lowest BCUT2D eigenvalue weighted by molar-refractivity contribution is -0.155. The predicted octanol–water partition coefficient (Wildman–Crippen LogP) is 5.63. The quantitative estimate of drug-likeness (QED) is 0.158. The average Bonchev–Trinajstić information content (AvgIpc) is 3.50. The highest BCUT2D eigenvalue weighted by molar-refractivity contribution is 6.17. The van der Waals surface area contributed by atoms with Crippen LogP contribution in [0.5, 0.6) is 5.75 Å². The number of benzene rings is 1. The number of hydrogen-bond donors (Lipinski definition) is 2. The number of ether oxygens (including phenoxy) is 2. The van der Waals surface area contributed by atoms with Crippen molar-refractivity contribution in [1.82, 2.24) is 14.9 Å². The molecule has 1 aromatic carbocycles. The number of anilines is 3. The Kier molecular flexibility index (Phi) is 12.9. The maximum atomic E-state index is 13.5. The van der Waals surface area contributed by atoms with Gasteiger partial charge in [-0.3, -0.25) is 4.79 Å². The van der Waals surface area contributed by atoms with Crippen molar-refractivity contribution in [3.8, 4) is 5.75 Å². The van der Waals surface area contributed by atoms with Crippen LogP contribution in [0, 0.1) is 0 Å². The van der Waals surface area contributed by atoms with Gasteiger partial charge >= 0.3 is 12.1 Å². The summed E-state index contributed by atoms with van der Waals surface area (Å²) < 4.78 is 11.3. The highest BCUT2D eigenvalue weighted by Gasteiger charge is 2.28. The van der Waals surface area contributed by atoms with Crippen molar-refractivity contribution in [3.63, 3.8) is 0 Å². The number of carbonyl (C=O) groups is 3. The van der Waals surface area contributed by atoms with Crippen molar-refractivity contribution in [2.45, 2.75) is 84.8 Å². The molecule has 0 radical (unpaired) electrons. The Morgan fingerprint density at radius 1 is 1.07 bits per heavy atom. The van der Waals surface area contributed by atoms with Crippen LogP contribution in [0.15, 0.2) is 30.5 Å². The van der Waals surface area contributed by atoms with E-state index in [9.17, 15) is 14.4 Å². The van der Waals surface area contributed by atoms with Crippen LogP contribution in [0.3, 0.4) is 0 Å². The Balaban J connectivity index is 1.86. The lowest BCUT2D eigenvalue weighted by atomic mass is 10.0. The molecule has 0 spiro atoms. The lowest BCUT2D eigenvalue weighted by Crippen LogP contribution is -2.38. The van der Waals surface area contributed by atoms with Gasteiger partial charge in [0.1, 0.15) is 23.1 Å². The van der Waals surface area contributed by atoms with Gasteiger partial charge in [0.05, 0.1) is 6.20 Å². The zero-order chi connectivity index (χ0) is 31.4. The normalized spacial score (nSPS) is 13.8. The van der Waals surface area contributed by atoms with Gasteiger partial charge in [-0.2, -0.15) is 4.98 Å². The van der Waals surface area contributed by atoms with E-state index in [-0.39, 0.29) is 18.4 Å². The predicted molar refractivity (Wildman–Crippen MR) is 169 cm³/mol. The fourth-order valence-corrected chi connectivity index (χ4v) is 4.74. The van der Waals surface area contributed by atoms with E-state index in [1.165, 1.54) is 0 Å². The first-order valence-electron chi connectivity index (χ1n) is 15.1. The van der Waals surface area contributed by atoms with Crippen LogP contribution in [-0.2, 0) is 20.7 Å². The fraction of sp³-hybridized carbons (Fsp3) is 0.581. The van der Waals surface area contributed by atoms with E-state index in [1.807, 2.05) is 30.9 Å². The van der Waals surface area contributed by atoms with Gasteiger partial charge in [0.15, 0.2) is 5.82 Å². The molecule has 2 aromatic rings. The van der Waals surface area contributed by atoms with Gasteiger partial charge < -0.3 is 29.9 Å². The summed E-state index contributed by atoms with van der Waals surface area (Å²) in [6.07, 6.45) is 5.10. The molecule has 0 aliphatic carbocycles. The van der Waals surface area contributed by atoms with Crippen LogP contribution >= 0.6 is 11.6 Å². The van der Waals surface area contributed by atoms with Gasteiger partial charge in [0, 0.05) is 44.9 Å². The molecule has 11 nitrogen and oxygen atoms in total. The molecule has 1 atom stereocenters. The van der Waals surface area contributed by atoms with Gasteiger partial charge in [-0.1, -0.05) is 12.1 Å². The Labute approximate surface area is 259 Å². The summed E-state index contributed by atoms with van der Waals surface area (Å²) in [5.41, 5.74) is 0.459. The topological polar surface area (TPSA) is 126 Å². The molecule has 2 N–H and O–H groups in total. The highest BCUT2D eigenvalue weighted by atomic mass is 35.5. The molecule has 0 unspecified atom stereocenters. The smallest absolute Gasteiger partial charge is 0.415 e. The summed E-state index contributed by atoms with van der Waals surface area (Å²) in [5.74, 6) is 1.04. The Bertz CT molecular complexity index is 1210. The molecule has 0 saturated carbocycles. The first kappa shape index (κ1) is 33.9. The molecular weight excluding hydrogens is 572 g/mol. The second-order valence-corrected chi connectivity index (χ2v) is 11.8. The maximum absolute atomic E-state index is 13.5. The largest absolute Gasteiger partial charge is 0.458 e. The van der Waals surface area contributed by atoms with Gasteiger partial charge in [-0.05, 0) is 78.0 Å². The summed E-state index contributed by atoms with van der Waals surface area (Å²) in [6, 6.07) is 6.21. The van der Waals surface area contributed by atoms with Crippen LogP contribution in [0.25, 0.3) is 0 Å². The van der Waals surface area contributed by atoms with E-state index in [0.717, 1.165) is 24.8 Å². The molecule has 1 aliphatic rings. The van der Waals surface area contributed by atoms with Crippen molar-refractivity contribution in [3.05, 3.63) is 36.0 Å². The summed E-state index contributed by atoms with van der Waals surface area (Å²) in [4.78, 5) is 51.4. The molecule has 1 aromatic heterocycles. The standard InChI is InChI=1S/C31H45ClN6O5/c1-6-37(7-2)29-33-21-25(34-26(39)12-8-9-17-32)27(36-29)35-24(28(40)43-31(3,4)5)20-22-13-15-23(16-14-22)42-30(41)38-18-10-11-19-38/h13-16,21,24H,6-12,17-20H2,1-5H3,(H,34,39)(H,33,35,36)/t24-/m0/s1. The minimum atomic E-state index is -0.844. The molecule has 236 valence electrons. The Morgan fingerprint density at radius 2 is 1.74 bits per heavy atom. The third-order valence-electron chi connectivity index (χ3n) is 6.82. The van der Waals surface area contributed by atoms with Crippen molar-refractivity contribution >= 4 is 47.0 Å². The maximum Gasteiger partial charge on any atom is 0.415 e. The van der Waals surface area contributed by atoms with Gasteiger partial charge in [-0.25, -0.2) is 14.6 Å². The summed E-state index contributed by atoms with van der Waals surface area (Å²) in [7, 11) is 0. The highest BCUT2D eigenvalue weighted by Crippen LogP contribution is 2.25. The number of alkyl halides is 1. The van der Waals surface area contributed by atoms with Crippen LogP contribution in [0.4, 0.5) is 22.2 Å². The van der Waals surface area contributed by atoms with Crippen molar-refractivity contribution < 1.29 is 23.9 Å². The zero-order valence-corrected chi connectivity index (χ0v) is 26.7. The van der Waals surface area contributed by atoms with Gasteiger partial charge in [-0.15, -0.1) is 11.6 Å². The lowest BCUT2D eigenvalue weighted by Gasteiger charge is -2.26. The monoisotopic (exact) mass is 616 g/mol. The molecule has 2 heterocycles. The average molecular weight is 617 g/mol. The third kappa shape index (κ3) is 10.9. The Morgan fingerprint density at radius 3 is 2.35 bits per heavy atom. The van der Waals surface area contributed by atoms with E-state index >= 15 is 0 Å². The number of unbranched alkanes of at least 4 members (excludes halogenated alkanes) is 1. The van der Waals surface area contributed by atoms with Gasteiger partial charge in [0.2, 0.25) is 11.9 Å². The molecule has 0 bridgehead atoms. The van der Waals surface area contributed by atoms with E-state index < -0.39 is 17.6 Å². The molecule has 1 saturated heterocycles. The summed E-state index contributed by atoms with van der Waals surface area (Å²) >= 11 is 5.77. The number of nitrogens with one attached hydrogen (secondary N) is 2. The van der Waals surface area contributed by atoms with Crippen LogP contribution in [0.2, 0.25) is 0 Å². The van der Waals surface area contributed by atoms with Crippen molar-refractivity contribution in [2.75, 3.05) is 47.6 Å². The number of nitrogens with zero attached hydrogens (tertiary/aromatic N) is 4.